The van der Waals surface area contributed by atoms with Gasteiger partial charge in [0.25, 0.3) is 0 Å². The number of likely N-dealkylation sites (tertiary alicyclic amines) is 1. The molecule has 1 aromatic carbocycles. The van der Waals surface area contributed by atoms with Crippen LogP contribution in [0.4, 0.5) is 13.2 Å². The Morgan fingerprint density at radius 1 is 1.11 bits per heavy atom. The summed E-state index contributed by atoms with van der Waals surface area (Å²) in [5, 5.41) is 9.26. The quantitative estimate of drug-likeness (QED) is 0.339. The van der Waals surface area contributed by atoms with Gasteiger partial charge in [0.1, 0.15) is 24.1 Å². The highest BCUT2D eigenvalue weighted by Gasteiger charge is 2.46. The fraction of sp³-hybridized carbons (Fsp3) is 0.400. The Balaban J connectivity index is 0.00000200. The number of hydrogen-bond acceptors (Lipinski definition) is 7. The van der Waals surface area contributed by atoms with Crippen LogP contribution in [0.3, 0.4) is 0 Å². The molecule has 1 fully saturated rings. The smallest absolute Gasteiger partial charge is 0.408 e. The summed E-state index contributed by atoms with van der Waals surface area (Å²) in [6, 6.07) is 10.2. The number of nitrogens with two attached hydrogens (primary N) is 1. The molecule has 0 aliphatic carbocycles. The van der Waals surface area contributed by atoms with Gasteiger partial charge in [-0.25, -0.2) is 4.98 Å². The molecule has 4 aromatic rings. The first-order chi connectivity index (χ1) is 17.2. The topological polar surface area (TPSA) is 90.8 Å². The molecule has 8 nitrogen and oxygen atoms in total. The fourth-order valence-corrected chi connectivity index (χ4v) is 4.49. The van der Waals surface area contributed by atoms with Gasteiger partial charge < -0.3 is 15.2 Å². The van der Waals surface area contributed by atoms with Gasteiger partial charge in [0.15, 0.2) is 11.5 Å². The molecule has 5 rings (SSSR count). The minimum absolute atomic E-state index is 0. The van der Waals surface area contributed by atoms with Crippen LogP contribution in [0.2, 0.25) is 0 Å². The summed E-state index contributed by atoms with van der Waals surface area (Å²) in [5.74, 6) is 0.994. The van der Waals surface area contributed by atoms with Crippen molar-refractivity contribution in [3.63, 3.8) is 0 Å². The second-order valence-corrected chi connectivity index (χ2v) is 9.11. The van der Waals surface area contributed by atoms with Crippen LogP contribution < -0.4 is 10.5 Å². The predicted molar refractivity (Wildman–Crippen MR) is 143 cm³/mol. The van der Waals surface area contributed by atoms with E-state index >= 15 is 0 Å². The van der Waals surface area contributed by atoms with E-state index in [-0.39, 0.29) is 55.6 Å². The minimum atomic E-state index is -4.45. The van der Waals surface area contributed by atoms with Crippen LogP contribution in [0.15, 0.2) is 48.7 Å². The second-order valence-electron chi connectivity index (χ2n) is 9.11. The van der Waals surface area contributed by atoms with E-state index in [9.17, 15) is 13.2 Å². The van der Waals surface area contributed by atoms with E-state index in [1.165, 1.54) is 17.2 Å². The van der Waals surface area contributed by atoms with Crippen LogP contribution in [0.1, 0.15) is 24.9 Å². The summed E-state index contributed by atoms with van der Waals surface area (Å²) in [6.07, 6.45) is -2.54. The molecule has 1 aliphatic rings. The first-order valence-corrected chi connectivity index (χ1v) is 11.7. The molecular formula is C25H29Cl2F3N6O2. The van der Waals surface area contributed by atoms with E-state index in [4.69, 9.17) is 20.2 Å². The van der Waals surface area contributed by atoms with E-state index < -0.39 is 12.2 Å². The van der Waals surface area contributed by atoms with E-state index in [1.807, 2.05) is 31.2 Å². The highest BCUT2D eigenvalue weighted by molar-refractivity contribution is 5.85. The number of halogens is 5. The number of benzene rings is 1. The maximum atomic E-state index is 14.1. The summed E-state index contributed by atoms with van der Waals surface area (Å²) in [7, 11) is 1.62. The molecule has 4 heterocycles. The van der Waals surface area contributed by atoms with E-state index in [2.05, 4.69) is 10.2 Å². The zero-order valence-electron chi connectivity index (χ0n) is 20.8. The number of methoxy groups -OCH3 is 1. The van der Waals surface area contributed by atoms with Gasteiger partial charge in [0.05, 0.1) is 11.6 Å². The number of rotatable bonds is 7. The van der Waals surface area contributed by atoms with Crippen molar-refractivity contribution in [1.29, 1.82) is 0 Å². The second kappa shape index (κ2) is 12.0. The van der Waals surface area contributed by atoms with Crippen molar-refractivity contribution in [2.24, 2.45) is 5.73 Å². The molecular weight excluding hydrogens is 544 g/mol. The molecule has 0 spiro atoms. The Bertz CT molecular complexity index is 1390. The summed E-state index contributed by atoms with van der Waals surface area (Å²) < 4.78 is 54.9. The van der Waals surface area contributed by atoms with Crippen LogP contribution in [0, 0.1) is 0 Å². The molecule has 3 atom stereocenters. The number of nitrogens with zero attached hydrogens (tertiary/aromatic N) is 5. The Labute approximate surface area is 230 Å². The molecule has 0 bridgehead atoms. The molecule has 0 unspecified atom stereocenters. The number of ether oxygens (including phenoxy) is 2. The maximum absolute atomic E-state index is 14.1. The molecule has 0 radical (unpaired) electrons. The lowest BCUT2D eigenvalue weighted by Crippen LogP contribution is -2.38. The first-order valence-electron chi connectivity index (χ1n) is 11.7. The van der Waals surface area contributed by atoms with Crippen molar-refractivity contribution < 1.29 is 22.6 Å². The number of pyridine rings is 2. The van der Waals surface area contributed by atoms with Crippen LogP contribution in [0.25, 0.3) is 28.1 Å². The third-order valence-electron chi connectivity index (χ3n) is 6.45. The van der Waals surface area contributed by atoms with Crippen molar-refractivity contribution in [1.82, 2.24) is 24.5 Å². The van der Waals surface area contributed by atoms with Crippen LogP contribution in [-0.2, 0) is 4.74 Å². The van der Waals surface area contributed by atoms with E-state index in [0.717, 1.165) is 5.39 Å². The lowest BCUT2D eigenvalue weighted by Gasteiger charge is -2.30. The zero-order chi connectivity index (χ0) is 25.4. The predicted octanol–water partition coefficient (Wildman–Crippen LogP) is 4.84. The van der Waals surface area contributed by atoms with Gasteiger partial charge in [-0.1, -0.05) is 12.1 Å². The number of alkyl halides is 3. The van der Waals surface area contributed by atoms with Gasteiger partial charge in [-0.2, -0.15) is 13.2 Å². The first kappa shape index (κ1) is 29.9. The Morgan fingerprint density at radius 3 is 2.55 bits per heavy atom. The van der Waals surface area contributed by atoms with Gasteiger partial charge in [-0.05, 0) is 43.2 Å². The van der Waals surface area contributed by atoms with Gasteiger partial charge in [-0.15, -0.1) is 35.0 Å². The molecule has 0 saturated carbocycles. The SMILES string of the molecule is CO[C@H](C)COc1ccc2ccc(-c3nnc4ccc([C@@H](N5CC[C@H](N)C5)C(F)(F)F)cn34)nc2c1.Cl.Cl. The normalized spacial score (nSPS) is 17.7. The van der Waals surface area contributed by atoms with Crippen molar-refractivity contribution in [3.8, 4) is 17.3 Å². The summed E-state index contributed by atoms with van der Waals surface area (Å²) in [6.45, 7) is 2.78. The molecule has 1 saturated heterocycles. The van der Waals surface area contributed by atoms with Crippen molar-refractivity contribution in [2.45, 2.75) is 37.7 Å². The van der Waals surface area contributed by atoms with E-state index in [1.54, 1.807) is 23.6 Å². The lowest BCUT2D eigenvalue weighted by molar-refractivity contribution is -0.183. The largest absolute Gasteiger partial charge is 0.491 e. The zero-order valence-corrected chi connectivity index (χ0v) is 22.4. The molecule has 0 amide bonds. The monoisotopic (exact) mass is 572 g/mol. The molecule has 13 heteroatoms. The lowest BCUT2D eigenvalue weighted by atomic mass is 10.1. The average Bonchev–Trinajstić information content (AvgIpc) is 3.47. The molecule has 2 N–H and O–H groups in total. The van der Waals surface area contributed by atoms with Crippen LogP contribution >= 0.6 is 24.8 Å². The third-order valence-corrected chi connectivity index (χ3v) is 6.45. The van der Waals surface area contributed by atoms with Gasteiger partial charge in [0, 0.05) is 43.9 Å². The Kier molecular flexibility index (Phi) is 9.43. The number of fused-ring (bicyclic) bond motifs is 2. The highest BCUT2D eigenvalue weighted by Crippen LogP contribution is 2.39. The fourth-order valence-electron chi connectivity index (χ4n) is 4.49. The Hall–Kier alpha value is -2.70. The van der Waals surface area contributed by atoms with Crippen molar-refractivity contribution in [3.05, 3.63) is 54.2 Å². The molecule has 38 heavy (non-hydrogen) atoms. The standard InChI is InChI=1S/C25H27F3N6O2.2ClH/c1-15(35-2)14-36-19-6-3-16-4-7-20(30-21(16)11-19)24-32-31-22-8-5-17(12-34(22)24)23(25(26,27)28)33-10-9-18(29)13-33;;/h3-8,11-12,15,18,23H,9-10,13-14,29H2,1-2H3;2*1H/t15-,18+,23-;;/m1../s1. The Morgan fingerprint density at radius 2 is 1.87 bits per heavy atom. The van der Waals surface area contributed by atoms with E-state index in [0.29, 0.717) is 41.5 Å². The van der Waals surface area contributed by atoms with Gasteiger partial charge in [-0.3, -0.25) is 9.30 Å². The third kappa shape index (κ3) is 6.13. The van der Waals surface area contributed by atoms with Crippen LogP contribution in [-0.4, -0.2) is 69.6 Å². The average molecular weight is 573 g/mol. The number of hydrogen-bond donors (Lipinski definition) is 1. The minimum Gasteiger partial charge on any atom is -0.491 e. The van der Waals surface area contributed by atoms with Gasteiger partial charge >= 0.3 is 6.18 Å². The summed E-state index contributed by atoms with van der Waals surface area (Å²) in [5.41, 5.74) is 7.59. The summed E-state index contributed by atoms with van der Waals surface area (Å²) >= 11 is 0. The number of aromatic nitrogens is 4. The van der Waals surface area contributed by atoms with Crippen LogP contribution in [0.5, 0.6) is 5.75 Å². The maximum Gasteiger partial charge on any atom is 0.408 e. The van der Waals surface area contributed by atoms with Crippen molar-refractivity contribution in [2.75, 3.05) is 26.8 Å². The van der Waals surface area contributed by atoms with Crippen molar-refractivity contribution >= 4 is 41.4 Å². The highest BCUT2D eigenvalue weighted by atomic mass is 35.5. The molecule has 1 aliphatic heterocycles. The molecule has 3 aromatic heterocycles. The van der Waals surface area contributed by atoms with Gasteiger partial charge in [0.2, 0.25) is 0 Å². The molecule has 206 valence electrons. The summed E-state index contributed by atoms with van der Waals surface area (Å²) in [4.78, 5) is 6.09.